The third kappa shape index (κ3) is 3.86. The zero-order valence-corrected chi connectivity index (χ0v) is 15.3. The van der Waals surface area contributed by atoms with Gasteiger partial charge >= 0.3 is 0 Å². The van der Waals surface area contributed by atoms with E-state index in [2.05, 4.69) is 30.3 Å². The van der Waals surface area contributed by atoms with Crippen molar-refractivity contribution in [1.29, 1.82) is 0 Å². The lowest BCUT2D eigenvalue weighted by Gasteiger charge is -2.29. The van der Waals surface area contributed by atoms with Crippen molar-refractivity contribution in [1.82, 2.24) is 9.38 Å². The van der Waals surface area contributed by atoms with E-state index in [1.807, 2.05) is 25.3 Å². The van der Waals surface area contributed by atoms with Crippen molar-refractivity contribution in [3.8, 4) is 0 Å². The summed E-state index contributed by atoms with van der Waals surface area (Å²) in [6, 6.07) is 16.4. The van der Waals surface area contributed by atoms with Crippen molar-refractivity contribution in [2.75, 3.05) is 13.1 Å². The lowest BCUT2D eigenvalue weighted by atomic mass is 9.90. The predicted octanol–water partition coefficient (Wildman–Crippen LogP) is 2.04. The van der Waals surface area contributed by atoms with E-state index in [0.717, 1.165) is 42.5 Å². The van der Waals surface area contributed by atoms with Crippen LogP contribution in [0.4, 0.5) is 0 Å². The Morgan fingerprint density at radius 2 is 1.88 bits per heavy atom. The molecule has 134 valence electrons. The zero-order valence-electron chi connectivity index (χ0n) is 15.3. The molecular formula is C22H26N3O+. The Kier molecular flexibility index (Phi) is 4.85. The second-order valence-corrected chi connectivity index (χ2v) is 7.58. The number of quaternary nitrogens is 1. The van der Waals surface area contributed by atoms with Crippen LogP contribution in [0.2, 0.25) is 0 Å². The van der Waals surface area contributed by atoms with Gasteiger partial charge in [0.05, 0.1) is 13.1 Å². The van der Waals surface area contributed by atoms with Crippen LogP contribution >= 0.6 is 0 Å². The number of aromatic nitrogens is 2. The molecule has 4 rings (SSSR count). The quantitative estimate of drug-likeness (QED) is 0.784. The fourth-order valence-corrected chi connectivity index (χ4v) is 4.02. The maximum absolute atomic E-state index is 12.4. The van der Waals surface area contributed by atoms with E-state index in [-0.39, 0.29) is 5.56 Å². The van der Waals surface area contributed by atoms with Gasteiger partial charge in [0.15, 0.2) is 0 Å². The van der Waals surface area contributed by atoms with Gasteiger partial charge in [0.25, 0.3) is 5.56 Å². The molecule has 0 radical (unpaired) electrons. The van der Waals surface area contributed by atoms with Crippen LogP contribution in [0.15, 0.2) is 59.5 Å². The van der Waals surface area contributed by atoms with Crippen LogP contribution < -0.4 is 10.5 Å². The predicted molar refractivity (Wildman–Crippen MR) is 103 cm³/mol. The zero-order chi connectivity index (χ0) is 17.9. The number of nitrogens with zero attached hydrogens (tertiary/aromatic N) is 2. The van der Waals surface area contributed by atoms with Crippen molar-refractivity contribution in [3.05, 3.63) is 81.9 Å². The minimum Gasteiger partial charge on any atom is -0.330 e. The van der Waals surface area contributed by atoms with Gasteiger partial charge in [-0.3, -0.25) is 9.20 Å². The number of fused-ring (bicyclic) bond motifs is 1. The molecular weight excluding hydrogens is 322 g/mol. The summed E-state index contributed by atoms with van der Waals surface area (Å²) in [7, 11) is 0. The monoisotopic (exact) mass is 348 g/mol. The van der Waals surface area contributed by atoms with Gasteiger partial charge in [-0.15, -0.1) is 0 Å². The van der Waals surface area contributed by atoms with E-state index in [0.29, 0.717) is 0 Å². The van der Waals surface area contributed by atoms with E-state index in [9.17, 15) is 4.79 Å². The molecule has 1 fully saturated rings. The molecule has 0 amide bonds. The molecule has 3 aromatic rings. The number of benzene rings is 1. The molecule has 4 heteroatoms. The van der Waals surface area contributed by atoms with Crippen LogP contribution in [0, 0.1) is 12.8 Å². The highest BCUT2D eigenvalue weighted by Gasteiger charge is 2.23. The summed E-state index contributed by atoms with van der Waals surface area (Å²) < 4.78 is 1.64. The number of hydrogen-bond acceptors (Lipinski definition) is 2. The summed E-state index contributed by atoms with van der Waals surface area (Å²) in [5.74, 6) is 0.777. The third-order valence-corrected chi connectivity index (χ3v) is 5.47. The van der Waals surface area contributed by atoms with Crippen molar-refractivity contribution in [3.63, 3.8) is 0 Å². The average Bonchev–Trinajstić information content (AvgIpc) is 2.65. The molecule has 1 aromatic carbocycles. The Balaban J connectivity index is 1.39. The summed E-state index contributed by atoms with van der Waals surface area (Å²) in [5, 5.41) is 0. The Morgan fingerprint density at radius 1 is 1.12 bits per heavy atom. The largest absolute Gasteiger partial charge is 0.330 e. The number of aryl methyl sites for hydroxylation is 1. The Bertz CT molecular complexity index is 941. The number of nitrogens with one attached hydrogen (secondary N) is 1. The first-order chi connectivity index (χ1) is 12.7. The lowest BCUT2D eigenvalue weighted by molar-refractivity contribution is -0.920. The van der Waals surface area contributed by atoms with Crippen LogP contribution in [0.5, 0.6) is 0 Å². The first-order valence-corrected chi connectivity index (χ1v) is 9.54. The molecule has 0 atom stereocenters. The van der Waals surface area contributed by atoms with Gasteiger partial charge in [-0.25, -0.2) is 4.98 Å². The molecule has 1 aliphatic heterocycles. The fraction of sp³-hybridized carbons (Fsp3) is 0.364. The molecule has 2 aromatic heterocycles. The Hall–Kier alpha value is -2.46. The summed E-state index contributed by atoms with van der Waals surface area (Å²) in [6.07, 6.45) is 5.53. The number of likely N-dealkylation sites (tertiary alicyclic amines) is 1. The third-order valence-electron chi connectivity index (χ3n) is 5.47. The van der Waals surface area contributed by atoms with Gasteiger partial charge in [0, 0.05) is 12.3 Å². The van der Waals surface area contributed by atoms with Crippen molar-refractivity contribution < 1.29 is 4.90 Å². The van der Waals surface area contributed by atoms with E-state index in [1.165, 1.54) is 29.7 Å². The lowest BCUT2D eigenvalue weighted by Crippen LogP contribution is -3.11. The topological polar surface area (TPSA) is 38.8 Å². The second-order valence-electron chi connectivity index (χ2n) is 7.58. The van der Waals surface area contributed by atoms with Crippen LogP contribution in [-0.4, -0.2) is 22.5 Å². The van der Waals surface area contributed by atoms with E-state index in [1.54, 1.807) is 10.5 Å². The number of hydrogen-bond donors (Lipinski definition) is 1. The SMILES string of the molecule is Cc1ccc2nc(C[NH+]3CCC(Cc4ccccc4)CC3)cc(=O)n2c1. The van der Waals surface area contributed by atoms with Gasteiger partial charge < -0.3 is 4.90 Å². The van der Waals surface area contributed by atoms with E-state index >= 15 is 0 Å². The average molecular weight is 348 g/mol. The maximum atomic E-state index is 12.4. The van der Waals surface area contributed by atoms with Gasteiger partial charge in [0.2, 0.25) is 0 Å². The van der Waals surface area contributed by atoms with E-state index in [4.69, 9.17) is 4.98 Å². The number of piperidine rings is 1. The number of pyridine rings is 1. The standard InChI is InChI=1S/C22H25N3O/c1-17-7-8-21-23-20(14-22(26)25(21)15-17)16-24-11-9-19(10-12-24)13-18-5-3-2-4-6-18/h2-8,14-15,19H,9-13,16H2,1H3/p+1. The van der Waals surface area contributed by atoms with Crippen LogP contribution in [-0.2, 0) is 13.0 Å². The second kappa shape index (κ2) is 7.42. The molecule has 1 aliphatic rings. The minimum absolute atomic E-state index is 0.0204. The van der Waals surface area contributed by atoms with Gasteiger partial charge in [-0.1, -0.05) is 36.4 Å². The Morgan fingerprint density at radius 3 is 2.65 bits per heavy atom. The molecule has 0 spiro atoms. The highest BCUT2D eigenvalue weighted by Crippen LogP contribution is 2.16. The first-order valence-electron chi connectivity index (χ1n) is 9.54. The molecule has 26 heavy (non-hydrogen) atoms. The normalized spacial score (nSPS) is 20.3. The molecule has 3 heterocycles. The summed E-state index contributed by atoms with van der Waals surface area (Å²) in [6.45, 7) is 5.15. The van der Waals surface area contributed by atoms with Gasteiger partial charge in [-0.05, 0) is 49.3 Å². The van der Waals surface area contributed by atoms with Crippen LogP contribution in [0.1, 0.15) is 29.7 Å². The fourth-order valence-electron chi connectivity index (χ4n) is 4.02. The molecule has 4 nitrogen and oxygen atoms in total. The summed E-state index contributed by atoms with van der Waals surface area (Å²) >= 11 is 0. The summed E-state index contributed by atoms with van der Waals surface area (Å²) in [4.78, 5) is 18.6. The van der Waals surface area contributed by atoms with Gasteiger partial charge in [0.1, 0.15) is 17.9 Å². The van der Waals surface area contributed by atoms with Crippen molar-refractivity contribution in [2.24, 2.45) is 5.92 Å². The smallest absolute Gasteiger partial charge is 0.258 e. The minimum atomic E-state index is 0.0204. The highest BCUT2D eigenvalue weighted by atomic mass is 16.1. The Labute approximate surface area is 154 Å². The molecule has 0 saturated carbocycles. The maximum Gasteiger partial charge on any atom is 0.258 e. The molecule has 1 saturated heterocycles. The first kappa shape index (κ1) is 17.0. The summed E-state index contributed by atoms with van der Waals surface area (Å²) in [5.41, 5.74) is 4.19. The number of rotatable bonds is 4. The van der Waals surface area contributed by atoms with E-state index < -0.39 is 0 Å². The van der Waals surface area contributed by atoms with Crippen molar-refractivity contribution >= 4 is 5.65 Å². The molecule has 0 unspecified atom stereocenters. The molecule has 1 N–H and O–H groups in total. The molecule has 0 aliphatic carbocycles. The van der Waals surface area contributed by atoms with Crippen LogP contribution in [0.3, 0.4) is 0 Å². The molecule has 0 bridgehead atoms. The van der Waals surface area contributed by atoms with Crippen molar-refractivity contribution in [2.45, 2.75) is 32.7 Å². The van der Waals surface area contributed by atoms with Crippen LogP contribution in [0.25, 0.3) is 5.65 Å². The van der Waals surface area contributed by atoms with Gasteiger partial charge in [-0.2, -0.15) is 0 Å². The highest BCUT2D eigenvalue weighted by molar-refractivity contribution is 5.39.